The molecule has 0 heterocycles. The Morgan fingerprint density at radius 1 is 0.571 bits per heavy atom. The molecule has 0 saturated carbocycles. The molecule has 0 bridgehead atoms. The van der Waals surface area contributed by atoms with Crippen LogP contribution in [0.5, 0.6) is 0 Å². The number of alkyl halides is 3. The Morgan fingerprint density at radius 3 is 1.40 bits per heavy atom. The molecule has 0 aliphatic heterocycles. The smallest absolute Gasteiger partial charge is 0.258 e. The van der Waals surface area contributed by atoms with Crippen molar-refractivity contribution in [3.05, 3.63) is 119 Å². The van der Waals surface area contributed by atoms with Gasteiger partial charge in [0.25, 0.3) is 0 Å². The summed E-state index contributed by atoms with van der Waals surface area (Å²) in [5, 5.41) is 0.911. The zero-order valence-electron chi connectivity index (χ0n) is 17.8. The lowest BCUT2D eigenvalue weighted by Gasteiger charge is -2.34. The Bertz CT molecular complexity index is 1360. The molecule has 4 aromatic carbocycles. The van der Waals surface area contributed by atoms with E-state index in [1.807, 2.05) is 0 Å². The monoisotopic (exact) mass is 557 g/mol. The van der Waals surface area contributed by atoms with Gasteiger partial charge in [0, 0.05) is 10.0 Å². The molecule has 0 unspecified atom stereocenters. The van der Waals surface area contributed by atoms with Crippen LogP contribution in [0.2, 0.25) is 10.0 Å². The van der Waals surface area contributed by atoms with Crippen LogP contribution in [0.3, 0.4) is 0 Å². The molecule has 0 aliphatic carbocycles. The van der Waals surface area contributed by atoms with Gasteiger partial charge in [0.1, 0.15) is 4.90 Å². The fourth-order valence-electron chi connectivity index (χ4n) is 3.42. The molecule has 1 N–H and O–H groups in total. The number of benzene rings is 4. The standard InChI is InChI=1S/C25H17Cl2F3O3S2/c26-19-8-14-22(15-9-19)34(21-4-2-1-3-5-21,23-16-10-20(27)11-17-23)33-35(31,32)24-12-6-18(7-13-24)25(28,29)30/h1-17H/p+1. The van der Waals surface area contributed by atoms with E-state index in [0.717, 1.165) is 24.3 Å². The van der Waals surface area contributed by atoms with Gasteiger partial charge >= 0.3 is 16.3 Å². The molecule has 4 rings (SSSR count). The lowest BCUT2D eigenvalue weighted by Crippen LogP contribution is -2.19. The van der Waals surface area contributed by atoms with Crippen molar-refractivity contribution < 1.29 is 25.2 Å². The van der Waals surface area contributed by atoms with Gasteiger partial charge in [-0.15, -0.1) is 8.42 Å². The summed E-state index contributed by atoms with van der Waals surface area (Å²) < 4.78 is 70.7. The maximum absolute atomic E-state index is 13.6. The number of rotatable bonds is 6. The van der Waals surface area contributed by atoms with Gasteiger partial charge in [-0.05, 0) is 84.9 Å². The first kappa shape index (κ1) is 25.6. The van der Waals surface area contributed by atoms with Crippen LogP contribution in [-0.2, 0) is 16.3 Å². The molecule has 0 spiro atoms. The zero-order valence-corrected chi connectivity index (χ0v) is 20.9. The van der Waals surface area contributed by atoms with E-state index in [2.05, 4.69) is 3.63 Å². The number of hydrogen-bond acceptors (Lipinski definition) is 2. The van der Waals surface area contributed by atoms with Gasteiger partial charge in [0.15, 0.2) is 0 Å². The highest BCUT2D eigenvalue weighted by atomic mass is 35.5. The van der Waals surface area contributed by atoms with Crippen molar-refractivity contribution in [2.75, 3.05) is 0 Å². The van der Waals surface area contributed by atoms with Gasteiger partial charge in [-0.2, -0.15) is 13.2 Å². The Labute approximate surface area is 212 Å². The Kier molecular flexibility index (Phi) is 7.22. The van der Waals surface area contributed by atoms with E-state index < -0.39 is 32.2 Å². The molecule has 0 amide bonds. The van der Waals surface area contributed by atoms with Crippen molar-refractivity contribution >= 4 is 43.6 Å². The van der Waals surface area contributed by atoms with Crippen molar-refractivity contribution in [3.63, 3.8) is 0 Å². The second-order valence-corrected chi connectivity index (χ2v) is 12.8. The topological polar surface area (TPSA) is 46.9 Å². The third-order valence-corrected chi connectivity index (χ3v) is 11.0. The molecule has 35 heavy (non-hydrogen) atoms. The number of halogens is 5. The van der Waals surface area contributed by atoms with Crippen molar-refractivity contribution in [1.29, 1.82) is 0 Å². The molecule has 10 heteroatoms. The van der Waals surface area contributed by atoms with Crippen LogP contribution < -0.4 is 0 Å². The summed E-state index contributed by atoms with van der Waals surface area (Å²) in [4.78, 5) is 1.41. The second kappa shape index (κ2) is 9.87. The van der Waals surface area contributed by atoms with Crippen molar-refractivity contribution in [2.45, 2.75) is 25.8 Å². The minimum absolute atomic E-state index is 0.346. The average Bonchev–Trinajstić information content (AvgIpc) is 2.84. The Hall–Kier alpha value is -2.49. The first-order valence-electron chi connectivity index (χ1n) is 10.1. The lowest BCUT2D eigenvalue weighted by atomic mass is 10.2. The Balaban J connectivity index is 1.95. The molecule has 0 saturated heterocycles. The number of hydrogen-bond donors (Lipinski definition) is 0. The molecular weight excluding hydrogens is 540 g/mol. The summed E-state index contributed by atoms with van der Waals surface area (Å²) in [5.74, 6) is 0. The minimum atomic E-state index is -4.59. The van der Waals surface area contributed by atoms with Crippen molar-refractivity contribution in [3.8, 4) is 0 Å². The quantitative estimate of drug-likeness (QED) is 0.176. The van der Waals surface area contributed by atoms with E-state index >= 15 is 0 Å². The van der Waals surface area contributed by atoms with Crippen LogP contribution in [0.4, 0.5) is 13.2 Å². The van der Waals surface area contributed by atoms with Crippen LogP contribution in [0, 0.1) is 0 Å². The molecule has 182 valence electrons. The van der Waals surface area contributed by atoms with Crippen LogP contribution >= 0.6 is 33.5 Å². The highest BCUT2D eigenvalue weighted by Crippen LogP contribution is 2.68. The molecular formula is C25H18Cl2F3O3S2+. The predicted octanol–water partition coefficient (Wildman–Crippen LogP) is 8.69. The molecule has 0 aliphatic rings. The van der Waals surface area contributed by atoms with E-state index in [1.54, 1.807) is 78.9 Å². The third kappa shape index (κ3) is 5.37. The summed E-state index contributed by atoms with van der Waals surface area (Å²) in [6.07, 6.45) is -4.59. The molecule has 4 aromatic rings. The highest BCUT2D eigenvalue weighted by Gasteiger charge is 2.43. The fraction of sp³-hybridized carbons (Fsp3) is 0.0400. The van der Waals surface area contributed by atoms with Crippen molar-refractivity contribution in [2.24, 2.45) is 0 Å². The van der Waals surface area contributed by atoms with E-state index in [4.69, 9.17) is 23.2 Å². The maximum Gasteiger partial charge on any atom is 0.422 e. The van der Waals surface area contributed by atoms with Gasteiger partial charge in [-0.25, -0.2) is 0 Å². The summed E-state index contributed by atoms with van der Waals surface area (Å²) in [6.45, 7) is 0. The van der Waals surface area contributed by atoms with Crippen LogP contribution in [0.25, 0.3) is 0 Å². The maximum atomic E-state index is 13.6. The summed E-state index contributed by atoms with van der Waals surface area (Å²) >= 11 is 12.2. The van der Waals surface area contributed by atoms with Crippen molar-refractivity contribution in [1.82, 2.24) is 0 Å². The van der Waals surface area contributed by atoms with E-state index in [9.17, 15) is 21.6 Å². The van der Waals surface area contributed by atoms with Gasteiger partial charge in [-0.1, -0.05) is 41.4 Å². The lowest BCUT2D eigenvalue weighted by molar-refractivity contribution is -0.137. The molecule has 0 aromatic heterocycles. The molecule has 0 atom stereocenters. The normalized spacial score (nSPS) is 12.9. The minimum Gasteiger partial charge on any atom is -0.258 e. The van der Waals surface area contributed by atoms with E-state index in [0.29, 0.717) is 24.7 Å². The average molecular weight is 558 g/mol. The predicted molar refractivity (Wildman–Crippen MR) is 133 cm³/mol. The van der Waals surface area contributed by atoms with Gasteiger partial charge < -0.3 is 0 Å². The highest BCUT2D eigenvalue weighted by molar-refractivity contribution is 8.32. The molecule has 3 nitrogen and oxygen atoms in total. The summed E-state index contributed by atoms with van der Waals surface area (Å²) in [7, 11) is -7.23. The van der Waals surface area contributed by atoms with Gasteiger partial charge in [-0.3, -0.25) is 3.63 Å². The van der Waals surface area contributed by atoms with Crippen LogP contribution in [-0.4, -0.2) is 12.0 Å². The largest absolute Gasteiger partial charge is 0.422 e. The zero-order chi connectivity index (χ0) is 25.3. The summed E-state index contributed by atoms with van der Waals surface area (Å²) in [6, 6.07) is 25.5. The third-order valence-electron chi connectivity index (χ3n) is 5.08. The second-order valence-electron chi connectivity index (χ2n) is 7.37. The fourth-order valence-corrected chi connectivity index (χ4v) is 9.14. The SMILES string of the molecule is O=S(=O)([OH+]S(c1ccccc1)(c1ccc(Cl)cc1)c1ccc(Cl)cc1)c1ccc(C(F)(F)F)cc1. The Morgan fingerprint density at radius 2 is 0.971 bits per heavy atom. The first-order valence-corrected chi connectivity index (χ1v) is 13.9. The van der Waals surface area contributed by atoms with Crippen LogP contribution in [0.1, 0.15) is 5.56 Å². The van der Waals surface area contributed by atoms with E-state index in [-0.39, 0.29) is 4.90 Å². The van der Waals surface area contributed by atoms with Gasteiger partial charge in [0.2, 0.25) is 0 Å². The molecule has 0 fully saturated rings. The first-order chi connectivity index (χ1) is 16.5. The molecule has 0 radical (unpaired) electrons. The van der Waals surface area contributed by atoms with E-state index in [1.165, 1.54) is 0 Å². The van der Waals surface area contributed by atoms with Crippen LogP contribution in [0.15, 0.2) is 123 Å². The van der Waals surface area contributed by atoms with Gasteiger partial charge in [0.05, 0.1) is 30.6 Å². The summed E-state index contributed by atoms with van der Waals surface area (Å²) in [5.41, 5.74) is -0.950.